The zero-order valence-corrected chi connectivity index (χ0v) is 12.9. The zero-order valence-electron chi connectivity index (χ0n) is 12.9. The van der Waals surface area contributed by atoms with Gasteiger partial charge in [0.1, 0.15) is 11.6 Å². The third-order valence-corrected chi connectivity index (χ3v) is 3.51. The zero-order chi connectivity index (χ0) is 15.5. The normalized spacial score (nSPS) is 19.2. The Labute approximate surface area is 126 Å². The molecule has 0 spiro atoms. The monoisotopic (exact) mass is 286 g/mol. The molecule has 0 amide bonds. The molecule has 0 aliphatic carbocycles. The molecule has 1 fully saturated rings. The standard InChI is InChI=1S/C17H22N2O2/c1-17(2,3)21-16(20)15-5-4-10-19(15)12-14-8-6-13(11-18)7-9-14/h6-9,15H,4-5,10,12H2,1-3H3/t15-/m0/s1. The van der Waals surface area contributed by atoms with E-state index in [1.807, 2.05) is 45.0 Å². The SMILES string of the molecule is CC(C)(C)OC(=O)[C@@H]1CCCN1Cc1ccc(C#N)cc1. The molecule has 1 aliphatic rings. The van der Waals surface area contributed by atoms with Crippen LogP contribution in [0.4, 0.5) is 0 Å². The number of ether oxygens (including phenoxy) is 1. The van der Waals surface area contributed by atoms with E-state index in [1.165, 1.54) is 0 Å². The Kier molecular flexibility index (Phi) is 4.64. The number of hydrogen-bond donors (Lipinski definition) is 0. The lowest BCUT2D eigenvalue weighted by Crippen LogP contribution is -2.40. The molecule has 0 bridgehead atoms. The first-order valence-corrected chi connectivity index (χ1v) is 7.35. The molecule has 0 radical (unpaired) electrons. The maximum atomic E-state index is 12.3. The number of hydrogen-bond acceptors (Lipinski definition) is 4. The van der Waals surface area contributed by atoms with E-state index in [2.05, 4.69) is 11.0 Å². The summed E-state index contributed by atoms with van der Waals surface area (Å²) in [6.45, 7) is 7.31. The first-order chi connectivity index (χ1) is 9.89. The predicted octanol–water partition coefficient (Wildman–Crippen LogP) is 2.86. The van der Waals surface area contributed by atoms with E-state index in [0.717, 1.165) is 31.5 Å². The van der Waals surface area contributed by atoms with Crippen LogP contribution in [-0.4, -0.2) is 29.1 Å². The van der Waals surface area contributed by atoms with Gasteiger partial charge in [0, 0.05) is 6.54 Å². The lowest BCUT2D eigenvalue weighted by atomic mass is 10.1. The van der Waals surface area contributed by atoms with Gasteiger partial charge in [0.25, 0.3) is 0 Å². The Balaban J connectivity index is 2.01. The average Bonchev–Trinajstić information content (AvgIpc) is 2.86. The molecule has 1 aliphatic heterocycles. The fourth-order valence-corrected chi connectivity index (χ4v) is 2.57. The number of carbonyl (C=O) groups is 1. The number of nitrogens with zero attached hydrogens (tertiary/aromatic N) is 2. The average molecular weight is 286 g/mol. The molecule has 21 heavy (non-hydrogen) atoms. The molecule has 4 heteroatoms. The molecule has 0 saturated carbocycles. The van der Waals surface area contributed by atoms with Crippen molar-refractivity contribution >= 4 is 5.97 Å². The molecule has 1 aromatic carbocycles. The Morgan fingerprint density at radius 2 is 2.05 bits per heavy atom. The second-order valence-corrected chi connectivity index (χ2v) is 6.47. The summed E-state index contributed by atoms with van der Waals surface area (Å²) in [6, 6.07) is 9.48. The lowest BCUT2D eigenvalue weighted by Gasteiger charge is -2.27. The third-order valence-electron chi connectivity index (χ3n) is 3.51. The van der Waals surface area contributed by atoms with E-state index in [0.29, 0.717) is 5.56 Å². The van der Waals surface area contributed by atoms with E-state index < -0.39 is 5.60 Å². The van der Waals surface area contributed by atoms with E-state index >= 15 is 0 Å². The second kappa shape index (κ2) is 6.28. The lowest BCUT2D eigenvalue weighted by molar-refractivity contribution is -0.160. The van der Waals surface area contributed by atoms with Crippen LogP contribution >= 0.6 is 0 Å². The minimum absolute atomic E-state index is 0.131. The molecule has 1 heterocycles. The van der Waals surface area contributed by atoms with Gasteiger partial charge in [0.15, 0.2) is 0 Å². The molecule has 112 valence electrons. The summed E-state index contributed by atoms with van der Waals surface area (Å²) in [4.78, 5) is 14.4. The van der Waals surface area contributed by atoms with E-state index in [1.54, 1.807) is 0 Å². The molecular formula is C17H22N2O2. The van der Waals surface area contributed by atoms with Gasteiger partial charge in [-0.05, 0) is 57.9 Å². The number of esters is 1. The minimum Gasteiger partial charge on any atom is -0.459 e. The summed E-state index contributed by atoms with van der Waals surface area (Å²) >= 11 is 0. The maximum absolute atomic E-state index is 12.3. The number of likely N-dealkylation sites (tertiary alicyclic amines) is 1. The van der Waals surface area contributed by atoms with Crippen LogP contribution in [0.15, 0.2) is 24.3 Å². The van der Waals surface area contributed by atoms with Crippen molar-refractivity contribution in [2.75, 3.05) is 6.54 Å². The quantitative estimate of drug-likeness (QED) is 0.802. The smallest absolute Gasteiger partial charge is 0.323 e. The van der Waals surface area contributed by atoms with Gasteiger partial charge in [-0.1, -0.05) is 12.1 Å². The number of carbonyl (C=O) groups excluding carboxylic acids is 1. The van der Waals surface area contributed by atoms with Gasteiger partial charge < -0.3 is 4.74 Å². The van der Waals surface area contributed by atoms with Crippen molar-refractivity contribution in [1.82, 2.24) is 4.90 Å². The fraction of sp³-hybridized carbons (Fsp3) is 0.529. The molecular weight excluding hydrogens is 264 g/mol. The first-order valence-electron chi connectivity index (χ1n) is 7.35. The summed E-state index contributed by atoms with van der Waals surface area (Å²) in [6.07, 6.45) is 1.87. The topological polar surface area (TPSA) is 53.3 Å². The molecule has 2 rings (SSSR count). The molecule has 0 aromatic heterocycles. The Hall–Kier alpha value is -1.86. The summed E-state index contributed by atoms with van der Waals surface area (Å²) in [5.41, 5.74) is 1.33. The van der Waals surface area contributed by atoms with Gasteiger partial charge in [-0.3, -0.25) is 9.69 Å². The van der Waals surface area contributed by atoms with Crippen molar-refractivity contribution < 1.29 is 9.53 Å². The van der Waals surface area contributed by atoms with Gasteiger partial charge >= 0.3 is 5.97 Å². The minimum atomic E-state index is -0.445. The van der Waals surface area contributed by atoms with Crippen molar-refractivity contribution in [3.05, 3.63) is 35.4 Å². The second-order valence-electron chi connectivity index (χ2n) is 6.47. The van der Waals surface area contributed by atoms with Crippen LogP contribution in [0, 0.1) is 11.3 Å². The van der Waals surface area contributed by atoms with Gasteiger partial charge in [-0.15, -0.1) is 0 Å². The van der Waals surface area contributed by atoms with Crippen molar-refractivity contribution in [3.8, 4) is 6.07 Å². The third kappa shape index (κ3) is 4.30. The Bertz CT molecular complexity index is 537. The molecule has 1 aromatic rings. The van der Waals surface area contributed by atoms with Crippen LogP contribution in [0.1, 0.15) is 44.7 Å². The van der Waals surface area contributed by atoms with Crippen molar-refractivity contribution in [3.63, 3.8) is 0 Å². The van der Waals surface area contributed by atoms with Crippen LogP contribution in [0.5, 0.6) is 0 Å². The highest BCUT2D eigenvalue weighted by Crippen LogP contribution is 2.23. The fourth-order valence-electron chi connectivity index (χ4n) is 2.57. The van der Waals surface area contributed by atoms with Crippen LogP contribution in [0.3, 0.4) is 0 Å². The summed E-state index contributed by atoms with van der Waals surface area (Å²) in [5.74, 6) is -0.131. The Morgan fingerprint density at radius 1 is 1.38 bits per heavy atom. The number of benzene rings is 1. The van der Waals surface area contributed by atoms with Crippen LogP contribution in [0.25, 0.3) is 0 Å². The van der Waals surface area contributed by atoms with Crippen molar-refractivity contribution in [1.29, 1.82) is 5.26 Å². The highest BCUT2D eigenvalue weighted by Gasteiger charge is 2.33. The number of nitriles is 1. The van der Waals surface area contributed by atoms with Gasteiger partial charge in [-0.2, -0.15) is 5.26 Å². The molecule has 1 saturated heterocycles. The van der Waals surface area contributed by atoms with E-state index in [-0.39, 0.29) is 12.0 Å². The largest absolute Gasteiger partial charge is 0.459 e. The number of rotatable bonds is 3. The molecule has 0 N–H and O–H groups in total. The van der Waals surface area contributed by atoms with Crippen LogP contribution in [0.2, 0.25) is 0 Å². The van der Waals surface area contributed by atoms with E-state index in [9.17, 15) is 4.79 Å². The maximum Gasteiger partial charge on any atom is 0.323 e. The van der Waals surface area contributed by atoms with Gasteiger partial charge in [0.05, 0.1) is 11.6 Å². The van der Waals surface area contributed by atoms with Gasteiger partial charge in [0.2, 0.25) is 0 Å². The predicted molar refractivity (Wildman–Crippen MR) is 80.4 cm³/mol. The summed E-state index contributed by atoms with van der Waals surface area (Å²) in [7, 11) is 0. The highest BCUT2D eigenvalue weighted by molar-refractivity contribution is 5.76. The molecule has 0 unspecified atom stereocenters. The highest BCUT2D eigenvalue weighted by atomic mass is 16.6. The van der Waals surface area contributed by atoms with E-state index in [4.69, 9.17) is 10.00 Å². The van der Waals surface area contributed by atoms with Crippen LogP contribution < -0.4 is 0 Å². The summed E-state index contributed by atoms with van der Waals surface area (Å²) in [5, 5.41) is 8.81. The van der Waals surface area contributed by atoms with Crippen LogP contribution in [-0.2, 0) is 16.1 Å². The van der Waals surface area contributed by atoms with Gasteiger partial charge in [-0.25, -0.2) is 0 Å². The molecule has 1 atom stereocenters. The Morgan fingerprint density at radius 3 is 2.62 bits per heavy atom. The molecule has 4 nitrogen and oxygen atoms in total. The first kappa shape index (κ1) is 15.5. The van der Waals surface area contributed by atoms with Crippen molar-refractivity contribution in [2.45, 2.75) is 51.8 Å². The summed E-state index contributed by atoms with van der Waals surface area (Å²) < 4.78 is 5.50. The van der Waals surface area contributed by atoms with Crippen molar-refractivity contribution in [2.24, 2.45) is 0 Å².